The summed E-state index contributed by atoms with van der Waals surface area (Å²) in [7, 11) is 0. The van der Waals surface area contributed by atoms with Crippen LogP contribution in [0.5, 0.6) is 0 Å². The first kappa shape index (κ1) is 8.70. The summed E-state index contributed by atoms with van der Waals surface area (Å²) in [5.74, 6) is -1.56. The van der Waals surface area contributed by atoms with Crippen LogP contribution in [0.25, 0.3) is 0 Å². The fourth-order valence-corrected chi connectivity index (χ4v) is 0.970. The van der Waals surface area contributed by atoms with Gasteiger partial charge in [0, 0.05) is 5.71 Å². The molecule has 0 saturated carbocycles. The Labute approximate surface area is 69.7 Å². The van der Waals surface area contributed by atoms with Crippen LogP contribution in [0.3, 0.4) is 0 Å². The minimum atomic E-state index is -1.05. The van der Waals surface area contributed by atoms with Gasteiger partial charge in [-0.1, -0.05) is 0 Å². The van der Waals surface area contributed by atoms with Crippen LogP contribution in [0.1, 0.15) is 13.8 Å². The molecule has 1 unspecified atom stereocenters. The summed E-state index contributed by atoms with van der Waals surface area (Å²) in [4.78, 5) is 21.5. The highest BCUT2D eigenvalue weighted by atomic mass is 16.4. The molecule has 1 rings (SSSR count). The van der Waals surface area contributed by atoms with Gasteiger partial charge in [0.05, 0.1) is 5.92 Å². The zero-order valence-electron chi connectivity index (χ0n) is 6.94. The van der Waals surface area contributed by atoms with E-state index in [-0.39, 0.29) is 18.4 Å². The topological polar surface area (TPSA) is 70.0 Å². The highest BCUT2D eigenvalue weighted by molar-refractivity contribution is 6.07. The second-order valence-corrected chi connectivity index (χ2v) is 2.75. The maximum absolute atomic E-state index is 11.2. The maximum Gasteiger partial charge on any atom is 0.325 e. The number of carboxylic acid groups (broad SMARTS) is 1. The first-order valence-electron chi connectivity index (χ1n) is 3.60. The Hall–Kier alpha value is -1.39. The number of carboxylic acids is 1. The molecule has 1 atom stereocenters. The molecule has 12 heavy (non-hydrogen) atoms. The van der Waals surface area contributed by atoms with Crippen molar-refractivity contribution in [3.05, 3.63) is 0 Å². The van der Waals surface area contributed by atoms with Crippen molar-refractivity contribution in [1.82, 2.24) is 5.01 Å². The standard InChI is InChI=1S/C7H10N2O3/c1-4-5(2)8-9(7(4)12)3-6(10)11/h4H,3H2,1-2H3,(H,10,11). The Balaban J connectivity index is 2.70. The molecule has 1 aliphatic heterocycles. The van der Waals surface area contributed by atoms with Gasteiger partial charge >= 0.3 is 5.97 Å². The van der Waals surface area contributed by atoms with Gasteiger partial charge in [0.1, 0.15) is 6.54 Å². The molecule has 0 spiro atoms. The Kier molecular flexibility index (Phi) is 2.12. The van der Waals surface area contributed by atoms with E-state index in [1.165, 1.54) is 0 Å². The predicted octanol–water partition coefficient (Wildman–Crippen LogP) is -0.0748. The first-order valence-corrected chi connectivity index (χ1v) is 3.60. The van der Waals surface area contributed by atoms with Crippen LogP contribution in [0.4, 0.5) is 0 Å². The number of nitrogens with zero attached hydrogens (tertiary/aromatic N) is 2. The number of hydrazone groups is 1. The summed E-state index contributed by atoms with van der Waals surface area (Å²) >= 11 is 0. The van der Waals surface area contributed by atoms with Gasteiger partial charge in [-0.25, -0.2) is 5.01 Å². The van der Waals surface area contributed by atoms with Crippen molar-refractivity contribution in [2.45, 2.75) is 13.8 Å². The zero-order valence-corrected chi connectivity index (χ0v) is 6.94. The molecule has 66 valence electrons. The number of rotatable bonds is 2. The van der Waals surface area contributed by atoms with Crippen molar-refractivity contribution < 1.29 is 14.7 Å². The van der Waals surface area contributed by atoms with Gasteiger partial charge in [0.15, 0.2) is 0 Å². The lowest BCUT2D eigenvalue weighted by atomic mass is 10.1. The molecular weight excluding hydrogens is 160 g/mol. The Morgan fingerprint density at radius 1 is 1.75 bits per heavy atom. The lowest BCUT2D eigenvalue weighted by Gasteiger charge is -2.08. The summed E-state index contributed by atoms with van der Waals surface area (Å²) in [5.41, 5.74) is 0.668. The van der Waals surface area contributed by atoms with Crippen LogP contribution in [0, 0.1) is 5.92 Å². The van der Waals surface area contributed by atoms with Crippen LogP contribution in [-0.4, -0.2) is 34.2 Å². The molecule has 1 amide bonds. The van der Waals surface area contributed by atoms with Crippen LogP contribution in [0.15, 0.2) is 5.10 Å². The number of hydrogen-bond acceptors (Lipinski definition) is 3. The second-order valence-electron chi connectivity index (χ2n) is 2.75. The van der Waals surface area contributed by atoms with E-state index in [9.17, 15) is 9.59 Å². The molecule has 5 heteroatoms. The number of aliphatic carboxylic acids is 1. The van der Waals surface area contributed by atoms with Crippen LogP contribution >= 0.6 is 0 Å². The molecular formula is C7H10N2O3. The van der Waals surface area contributed by atoms with Crippen molar-refractivity contribution >= 4 is 17.6 Å². The zero-order chi connectivity index (χ0) is 9.30. The van der Waals surface area contributed by atoms with Gasteiger partial charge in [0.2, 0.25) is 0 Å². The van der Waals surface area contributed by atoms with Crippen LogP contribution in [-0.2, 0) is 9.59 Å². The predicted molar refractivity (Wildman–Crippen MR) is 41.6 cm³/mol. The maximum atomic E-state index is 11.2. The second kappa shape index (κ2) is 2.92. The van der Waals surface area contributed by atoms with E-state index in [4.69, 9.17) is 5.11 Å². The molecule has 0 aromatic carbocycles. The van der Waals surface area contributed by atoms with Crippen LogP contribution < -0.4 is 0 Å². The Morgan fingerprint density at radius 2 is 2.33 bits per heavy atom. The molecule has 0 saturated heterocycles. The molecule has 0 fully saturated rings. The summed E-state index contributed by atoms with van der Waals surface area (Å²) in [6, 6.07) is 0. The van der Waals surface area contributed by atoms with Crippen molar-refractivity contribution in [2.24, 2.45) is 11.0 Å². The van der Waals surface area contributed by atoms with E-state index in [1.54, 1.807) is 13.8 Å². The number of hydrogen-bond donors (Lipinski definition) is 1. The van der Waals surface area contributed by atoms with Gasteiger partial charge in [-0.05, 0) is 13.8 Å². The van der Waals surface area contributed by atoms with E-state index >= 15 is 0 Å². The van der Waals surface area contributed by atoms with E-state index in [1.807, 2.05) is 0 Å². The molecule has 5 nitrogen and oxygen atoms in total. The van der Waals surface area contributed by atoms with Gasteiger partial charge in [-0.3, -0.25) is 9.59 Å². The van der Waals surface area contributed by atoms with Crippen molar-refractivity contribution in [3.63, 3.8) is 0 Å². The Morgan fingerprint density at radius 3 is 2.67 bits per heavy atom. The van der Waals surface area contributed by atoms with Crippen molar-refractivity contribution in [2.75, 3.05) is 6.54 Å². The number of carbonyl (C=O) groups excluding carboxylic acids is 1. The van der Waals surface area contributed by atoms with E-state index in [0.29, 0.717) is 5.71 Å². The lowest BCUT2D eigenvalue weighted by Crippen LogP contribution is -2.30. The molecule has 1 heterocycles. The molecule has 1 aliphatic rings. The highest BCUT2D eigenvalue weighted by Gasteiger charge is 2.30. The minimum Gasteiger partial charge on any atom is -0.480 e. The lowest BCUT2D eigenvalue weighted by molar-refractivity contribution is -0.144. The average Bonchev–Trinajstić information content (AvgIpc) is 2.17. The molecule has 0 aromatic rings. The molecule has 0 radical (unpaired) electrons. The average molecular weight is 170 g/mol. The van der Waals surface area contributed by atoms with E-state index in [0.717, 1.165) is 5.01 Å². The largest absolute Gasteiger partial charge is 0.480 e. The van der Waals surface area contributed by atoms with Crippen LogP contribution in [0.2, 0.25) is 0 Å². The fraction of sp³-hybridized carbons (Fsp3) is 0.571. The summed E-state index contributed by atoms with van der Waals surface area (Å²) in [5, 5.41) is 13.2. The fourth-order valence-electron chi connectivity index (χ4n) is 0.970. The first-order chi connectivity index (χ1) is 5.52. The SMILES string of the molecule is CC1=NN(CC(=O)O)C(=O)C1C. The quantitative estimate of drug-likeness (QED) is 0.630. The number of amides is 1. The molecule has 0 aliphatic carbocycles. The third-order valence-electron chi connectivity index (χ3n) is 1.81. The van der Waals surface area contributed by atoms with Gasteiger partial charge in [0.25, 0.3) is 5.91 Å². The van der Waals surface area contributed by atoms with E-state index < -0.39 is 5.97 Å². The molecule has 1 N–H and O–H groups in total. The smallest absolute Gasteiger partial charge is 0.325 e. The normalized spacial score (nSPS) is 22.8. The highest BCUT2D eigenvalue weighted by Crippen LogP contribution is 2.13. The monoisotopic (exact) mass is 170 g/mol. The molecule has 0 bridgehead atoms. The molecule has 0 aromatic heterocycles. The van der Waals surface area contributed by atoms with Crippen molar-refractivity contribution in [1.29, 1.82) is 0 Å². The minimum absolute atomic E-state index is 0.241. The number of carbonyl (C=O) groups is 2. The van der Waals surface area contributed by atoms with Gasteiger partial charge < -0.3 is 5.11 Å². The van der Waals surface area contributed by atoms with Gasteiger partial charge in [-0.2, -0.15) is 5.10 Å². The third-order valence-corrected chi connectivity index (χ3v) is 1.81. The summed E-state index contributed by atoms with van der Waals surface area (Å²) in [6.45, 7) is 3.08. The van der Waals surface area contributed by atoms with Gasteiger partial charge in [-0.15, -0.1) is 0 Å². The third kappa shape index (κ3) is 1.44. The van der Waals surface area contributed by atoms with Crippen molar-refractivity contribution in [3.8, 4) is 0 Å². The summed E-state index contributed by atoms with van der Waals surface area (Å²) in [6.07, 6.45) is 0. The Bertz CT molecular complexity index is 259. The van der Waals surface area contributed by atoms with E-state index in [2.05, 4.69) is 5.10 Å². The summed E-state index contributed by atoms with van der Waals surface area (Å²) < 4.78 is 0.